The molecule has 1 aliphatic rings. The molecule has 1 atom stereocenters. The van der Waals surface area contributed by atoms with Crippen LogP contribution in [-0.4, -0.2) is 25.6 Å². The number of carbonyl (C=O) groups is 1. The van der Waals surface area contributed by atoms with Crippen LogP contribution in [0.25, 0.3) is 0 Å². The van der Waals surface area contributed by atoms with Crippen LogP contribution in [0.2, 0.25) is 0 Å². The van der Waals surface area contributed by atoms with Gasteiger partial charge in [0.1, 0.15) is 5.25 Å². The predicted molar refractivity (Wildman–Crippen MR) is 107 cm³/mol. The van der Waals surface area contributed by atoms with Crippen molar-refractivity contribution in [2.45, 2.75) is 82.8 Å². The van der Waals surface area contributed by atoms with E-state index in [2.05, 4.69) is 33.0 Å². The Hall–Kier alpha value is -1.36. The number of sulfone groups is 1. The molecular formula is C21H33NO3S. The topological polar surface area (TPSA) is 63.2 Å². The van der Waals surface area contributed by atoms with Crippen molar-refractivity contribution in [3.8, 4) is 0 Å². The van der Waals surface area contributed by atoms with Crippen molar-refractivity contribution in [2.24, 2.45) is 5.92 Å². The van der Waals surface area contributed by atoms with Gasteiger partial charge in [-0.1, -0.05) is 52.0 Å². The first-order valence-electron chi connectivity index (χ1n) is 9.60. The van der Waals surface area contributed by atoms with Crippen LogP contribution >= 0.6 is 0 Å². The largest absolute Gasteiger partial charge is 0.352 e. The predicted octanol–water partition coefficient (Wildman–Crippen LogP) is 3.98. The van der Waals surface area contributed by atoms with Gasteiger partial charge in [-0.05, 0) is 55.1 Å². The summed E-state index contributed by atoms with van der Waals surface area (Å²) in [5.41, 5.74) is 1.92. The molecule has 0 spiro atoms. The Bertz CT molecular complexity index is 709. The Morgan fingerprint density at radius 3 is 2.15 bits per heavy atom. The summed E-state index contributed by atoms with van der Waals surface area (Å²) in [6, 6.07) is 7.76. The molecule has 0 aromatic heterocycles. The standard InChI is InChI=1S/C21H33NO3S/c1-15-6-12-19(13-7-15)22-20(23)16(2)26(24,25)14-17-8-10-18(11-9-17)21(3,4)5/h8-11,15-16,19H,6-7,12-14H2,1-5H3,(H,22,23). The summed E-state index contributed by atoms with van der Waals surface area (Å²) in [5.74, 6) is 0.226. The second kappa shape index (κ2) is 8.12. The lowest BCUT2D eigenvalue weighted by molar-refractivity contribution is -0.121. The highest BCUT2D eigenvalue weighted by Gasteiger charge is 2.30. The lowest BCUT2D eigenvalue weighted by atomic mass is 9.87. The molecule has 1 aromatic carbocycles. The molecule has 1 unspecified atom stereocenters. The third-order valence-electron chi connectivity index (χ3n) is 5.46. The van der Waals surface area contributed by atoms with Crippen LogP contribution < -0.4 is 5.32 Å². The molecular weight excluding hydrogens is 346 g/mol. The van der Waals surface area contributed by atoms with Crippen molar-refractivity contribution in [1.82, 2.24) is 5.32 Å². The highest BCUT2D eigenvalue weighted by atomic mass is 32.2. The molecule has 2 rings (SSSR count). The Labute approximate surface area is 158 Å². The van der Waals surface area contributed by atoms with Crippen LogP contribution in [0.3, 0.4) is 0 Å². The zero-order chi connectivity index (χ0) is 19.5. The van der Waals surface area contributed by atoms with Crippen molar-refractivity contribution in [2.75, 3.05) is 0 Å². The summed E-state index contributed by atoms with van der Waals surface area (Å²) in [5, 5.41) is 1.92. The minimum atomic E-state index is -3.53. The molecule has 1 amide bonds. The fraction of sp³-hybridized carbons (Fsp3) is 0.667. The fourth-order valence-electron chi connectivity index (χ4n) is 3.34. The summed E-state index contributed by atoms with van der Waals surface area (Å²) < 4.78 is 25.3. The zero-order valence-corrected chi connectivity index (χ0v) is 17.5. The molecule has 0 aliphatic heterocycles. The van der Waals surface area contributed by atoms with Gasteiger partial charge in [0.05, 0.1) is 5.75 Å². The van der Waals surface area contributed by atoms with Crippen LogP contribution in [0.5, 0.6) is 0 Å². The lowest BCUT2D eigenvalue weighted by Crippen LogP contribution is -2.44. The summed E-state index contributed by atoms with van der Waals surface area (Å²) in [7, 11) is -3.53. The molecule has 1 aromatic rings. The Kier molecular flexibility index (Phi) is 6.54. The van der Waals surface area contributed by atoms with E-state index in [4.69, 9.17) is 0 Å². The zero-order valence-electron chi connectivity index (χ0n) is 16.7. The van der Waals surface area contributed by atoms with Crippen LogP contribution in [0.4, 0.5) is 0 Å². The number of nitrogens with one attached hydrogen (secondary N) is 1. The van der Waals surface area contributed by atoms with E-state index in [1.54, 1.807) is 0 Å². The Morgan fingerprint density at radius 2 is 1.65 bits per heavy atom. The Balaban J connectivity index is 1.98. The number of rotatable bonds is 5. The quantitative estimate of drug-likeness (QED) is 0.841. The summed E-state index contributed by atoms with van der Waals surface area (Å²) >= 11 is 0. The molecule has 0 bridgehead atoms. The highest BCUT2D eigenvalue weighted by molar-refractivity contribution is 7.92. The maximum absolute atomic E-state index is 12.7. The van der Waals surface area contributed by atoms with Crippen LogP contribution in [0.15, 0.2) is 24.3 Å². The van der Waals surface area contributed by atoms with Crippen molar-refractivity contribution in [3.63, 3.8) is 0 Å². The molecule has 1 saturated carbocycles. The molecule has 1 fully saturated rings. The van der Waals surface area contributed by atoms with Gasteiger partial charge < -0.3 is 5.32 Å². The average molecular weight is 380 g/mol. The second-order valence-corrected chi connectivity index (χ2v) is 11.2. The van der Waals surface area contributed by atoms with Gasteiger partial charge in [-0.25, -0.2) is 8.42 Å². The maximum atomic E-state index is 12.7. The monoisotopic (exact) mass is 379 g/mol. The van der Waals surface area contributed by atoms with E-state index in [-0.39, 0.29) is 23.1 Å². The molecule has 5 heteroatoms. The first-order valence-corrected chi connectivity index (χ1v) is 11.3. The van der Waals surface area contributed by atoms with Gasteiger partial charge in [-0.15, -0.1) is 0 Å². The van der Waals surface area contributed by atoms with E-state index in [9.17, 15) is 13.2 Å². The van der Waals surface area contributed by atoms with Crippen molar-refractivity contribution in [3.05, 3.63) is 35.4 Å². The number of benzene rings is 1. The number of carbonyl (C=O) groups excluding carboxylic acids is 1. The van der Waals surface area contributed by atoms with Gasteiger partial charge in [-0.3, -0.25) is 4.79 Å². The lowest BCUT2D eigenvalue weighted by Gasteiger charge is -2.28. The van der Waals surface area contributed by atoms with Gasteiger partial charge in [0.2, 0.25) is 5.91 Å². The van der Waals surface area contributed by atoms with E-state index in [1.807, 2.05) is 24.3 Å². The van der Waals surface area contributed by atoms with Crippen LogP contribution in [0.1, 0.15) is 71.4 Å². The smallest absolute Gasteiger partial charge is 0.238 e. The molecule has 0 radical (unpaired) electrons. The van der Waals surface area contributed by atoms with E-state index in [1.165, 1.54) is 6.92 Å². The summed E-state index contributed by atoms with van der Waals surface area (Å²) in [4.78, 5) is 12.4. The number of hydrogen-bond donors (Lipinski definition) is 1. The molecule has 26 heavy (non-hydrogen) atoms. The first-order chi connectivity index (χ1) is 12.0. The Morgan fingerprint density at radius 1 is 1.12 bits per heavy atom. The minimum Gasteiger partial charge on any atom is -0.352 e. The van der Waals surface area contributed by atoms with Crippen molar-refractivity contribution < 1.29 is 13.2 Å². The van der Waals surface area contributed by atoms with Crippen molar-refractivity contribution >= 4 is 15.7 Å². The van der Waals surface area contributed by atoms with E-state index in [0.29, 0.717) is 5.92 Å². The molecule has 1 N–H and O–H groups in total. The van der Waals surface area contributed by atoms with E-state index < -0.39 is 15.1 Å². The fourth-order valence-corrected chi connectivity index (χ4v) is 4.65. The van der Waals surface area contributed by atoms with Crippen molar-refractivity contribution in [1.29, 1.82) is 0 Å². The molecule has 146 valence electrons. The molecule has 0 heterocycles. The van der Waals surface area contributed by atoms with Gasteiger partial charge in [-0.2, -0.15) is 0 Å². The highest BCUT2D eigenvalue weighted by Crippen LogP contribution is 2.25. The molecule has 4 nitrogen and oxygen atoms in total. The maximum Gasteiger partial charge on any atom is 0.238 e. The van der Waals surface area contributed by atoms with Gasteiger partial charge in [0, 0.05) is 6.04 Å². The first kappa shape index (κ1) is 20.9. The second-order valence-electron chi connectivity index (χ2n) is 8.86. The van der Waals surface area contributed by atoms with Crippen LogP contribution in [0, 0.1) is 5.92 Å². The number of amides is 1. The van der Waals surface area contributed by atoms with Gasteiger partial charge in [0.25, 0.3) is 0 Å². The van der Waals surface area contributed by atoms with E-state index >= 15 is 0 Å². The summed E-state index contributed by atoms with van der Waals surface area (Å²) in [6.45, 7) is 10.1. The normalized spacial score (nSPS) is 22.7. The SMILES string of the molecule is CC1CCC(NC(=O)C(C)S(=O)(=O)Cc2ccc(C(C)(C)C)cc2)CC1. The summed E-state index contributed by atoms with van der Waals surface area (Å²) in [6.07, 6.45) is 4.06. The van der Waals surface area contributed by atoms with Gasteiger partial charge in [0.15, 0.2) is 9.84 Å². The third-order valence-corrected chi connectivity index (χ3v) is 7.49. The molecule has 1 aliphatic carbocycles. The van der Waals surface area contributed by atoms with E-state index in [0.717, 1.165) is 36.8 Å². The van der Waals surface area contributed by atoms with Crippen LogP contribution in [-0.2, 0) is 25.8 Å². The number of hydrogen-bond acceptors (Lipinski definition) is 3. The average Bonchev–Trinajstić information content (AvgIpc) is 2.55. The molecule has 0 saturated heterocycles. The minimum absolute atomic E-state index is 0.0298. The third kappa shape index (κ3) is 5.57. The van der Waals surface area contributed by atoms with Gasteiger partial charge >= 0.3 is 0 Å².